The largest absolute Gasteiger partial charge is 0.444 e. The number of hydrogen-bond donors (Lipinski definition) is 3. The Bertz CT molecular complexity index is 533. The van der Waals surface area contributed by atoms with Crippen LogP contribution in [0.3, 0.4) is 0 Å². The van der Waals surface area contributed by atoms with Gasteiger partial charge in [-0.1, -0.05) is 13.8 Å². The lowest BCUT2D eigenvalue weighted by Crippen LogP contribution is -2.45. The summed E-state index contributed by atoms with van der Waals surface area (Å²) in [6, 6.07) is 0.125. The van der Waals surface area contributed by atoms with Crippen LogP contribution in [0.15, 0.2) is 4.99 Å². The van der Waals surface area contributed by atoms with E-state index in [0.717, 1.165) is 18.9 Å². The maximum atomic E-state index is 12.1. The number of ether oxygens (including phenoxy) is 1. The van der Waals surface area contributed by atoms with Crippen molar-refractivity contribution in [2.75, 3.05) is 26.7 Å². The molecule has 0 bridgehead atoms. The highest BCUT2D eigenvalue weighted by Gasteiger charge is 2.22. The van der Waals surface area contributed by atoms with E-state index in [-0.39, 0.29) is 47.9 Å². The SMILES string of the molecule is CCNC(=NCCC(=O)NC(C)C)N(C)CCC(NC(=O)OC(C)(C)C)C(C)C.I. The number of halogens is 1. The van der Waals surface area contributed by atoms with Crippen LogP contribution in [0.4, 0.5) is 4.79 Å². The van der Waals surface area contributed by atoms with E-state index in [9.17, 15) is 9.59 Å². The van der Waals surface area contributed by atoms with Crippen molar-refractivity contribution in [3.63, 3.8) is 0 Å². The van der Waals surface area contributed by atoms with Gasteiger partial charge >= 0.3 is 6.09 Å². The van der Waals surface area contributed by atoms with Gasteiger partial charge in [0, 0.05) is 38.6 Å². The third-order valence-corrected chi connectivity index (χ3v) is 4.03. The van der Waals surface area contributed by atoms with Gasteiger partial charge in [0.15, 0.2) is 5.96 Å². The van der Waals surface area contributed by atoms with Gasteiger partial charge in [-0.15, -0.1) is 24.0 Å². The quantitative estimate of drug-likeness (QED) is 0.224. The Labute approximate surface area is 200 Å². The molecule has 0 heterocycles. The Hall–Kier alpha value is -1.26. The number of hydrogen-bond acceptors (Lipinski definition) is 4. The molecule has 0 aromatic carbocycles. The summed E-state index contributed by atoms with van der Waals surface area (Å²) in [4.78, 5) is 30.5. The summed E-state index contributed by atoms with van der Waals surface area (Å²) >= 11 is 0. The molecule has 0 saturated heterocycles. The molecule has 0 rings (SSSR count). The van der Waals surface area contributed by atoms with Crippen molar-refractivity contribution < 1.29 is 14.3 Å². The smallest absolute Gasteiger partial charge is 0.407 e. The second-order valence-corrected chi connectivity index (χ2v) is 8.91. The number of nitrogens with zero attached hydrogens (tertiary/aromatic N) is 2. The molecule has 0 saturated carbocycles. The molecule has 178 valence electrons. The highest BCUT2D eigenvalue weighted by atomic mass is 127. The number of guanidine groups is 1. The molecule has 1 atom stereocenters. The third kappa shape index (κ3) is 15.6. The highest BCUT2D eigenvalue weighted by molar-refractivity contribution is 14.0. The number of alkyl carbamates (subject to hydrolysis) is 1. The van der Waals surface area contributed by atoms with Gasteiger partial charge in [0.05, 0.1) is 6.54 Å². The van der Waals surface area contributed by atoms with Crippen LogP contribution in [0.25, 0.3) is 0 Å². The van der Waals surface area contributed by atoms with Gasteiger partial charge in [0.1, 0.15) is 5.60 Å². The van der Waals surface area contributed by atoms with Gasteiger partial charge in [-0.05, 0) is 53.9 Å². The minimum absolute atomic E-state index is 0. The predicted octanol–water partition coefficient (Wildman–Crippen LogP) is 3.36. The summed E-state index contributed by atoms with van der Waals surface area (Å²) in [7, 11) is 1.96. The zero-order valence-corrected chi connectivity index (χ0v) is 22.6. The van der Waals surface area contributed by atoms with Gasteiger partial charge in [0.2, 0.25) is 5.91 Å². The first-order valence-corrected chi connectivity index (χ1v) is 10.6. The number of amides is 2. The van der Waals surface area contributed by atoms with E-state index in [0.29, 0.717) is 19.5 Å². The standard InChI is InChI=1S/C21H43N5O3.HI/c1-10-22-19(23-13-11-18(27)24-16(4)5)26(9)14-12-17(15(2)3)25-20(28)29-21(6,7)8;/h15-17H,10-14H2,1-9H3,(H,22,23)(H,24,27)(H,25,28);1H. The molecule has 0 aliphatic carbocycles. The molecule has 0 aromatic heterocycles. The van der Waals surface area contributed by atoms with Gasteiger partial charge in [-0.25, -0.2) is 4.79 Å². The fraction of sp³-hybridized carbons (Fsp3) is 0.857. The first-order valence-electron chi connectivity index (χ1n) is 10.6. The van der Waals surface area contributed by atoms with Crippen LogP contribution in [-0.4, -0.2) is 67.2 Å². The molecule has 9 heteroatoms. The number of carbonyl (C=O) groups is 2. The summed E-state index contributed by atoms with van der Waals surface area (Å²) in [5, 5.41) is 9.10. The molecule has 1 unspecified atom stereocenters. The van der Waals surface area contributed by atoms with Crippen molar-refractivity contribution in [1.82, 2.24) is 20.9 Å². The fourth-order valence-electron chi connectivity index (χ4n) is 2.60. The van der Waals surface area contributed by atoms with Crippen LogP contribution >= 0.6 is 24.0 Å². The Morgan fingerprint density at radius 2 is 1.70 bits per heavy atom. The first kappa shape index (κ1) is 30.9. The molecule has 0 aromatic rings. The number of nitrogens with one attached hydrogen (secondary N) is 3. The number of rotatable bonds is 10. The molecule has 0 fully saturated rings. The van der Waals surface area contributed by atoms with Crippen molar-refractivity contribution in [3.05, 3.63) is 0 Å². The second kappa shape index (κ2) is 15.5. The van der Waals surface area contributed by atoms with Crippen LogP contribution in [0, 0.1) is 5.92 Å². The van der Waals surface area contributed by atoms with Crippen LogP contribution in [0.5, 0.6) is 0 Å². The zero-order chi connectivity index (χ0) is 22.6. The second-order valence-electron chi connectivity index (χ2n) is 8.91. The normalized spacial score (nSPS) is 12.8. The summed E-state index contributed by atoms with van der Waals surface area (Å²) in [6.45, 7) is 17.5. The van der Waals surface area contributed by atoms with Crippen molar-refractivity contribution >= 4 is 41.9 Å². The number of carbonyl (C=O) groups excluding carboxylic acids is 2. The van der Waals surface area contributed by atoms with Gasteiger partial charge in [0.25, 0.3) is 0 Å². The average molecular weight is 542 g/mol. The predicted molar refractivity (Wildman–Crippen MR) is 135 cm³/mol. The third-order valence-electron chi connectivity index (χ3n) is 4.03. The molecular formula is C21H44IN5O3. The topological polar surface area (TPSA) is 95.1 Å². The van der Waals surface area contributed by atoms with E-state index >= 15 is 0 Å². The van der Waals surface area contributed by atoms with Crippen LogP contribution in [0.1, 0.15) is 68.2 Å². The Morgan fingerprint density at radius 1 is 1.10 bits per heavy atom. The summed E-state index contributed by atoms with van der Waals surface area (Å²) in [6.07, 6.45) is 0.720. The van der Waals surface area contributed by atoms with Gasteiger partial charge in [-0.3, -0.25) is 9.79 Å². The lowest BCUT2D eigenvalue weighted by atomic mass is 10.0. The molecule has 8 nitrogen and oxygen atoms in total. The summed E-state index contributed by atoms with van der Waals surface area (Å²) < 4.78 is 5.38. The minimum atomic E-state index is -0.519. The van der Waals surface area contributed by atoms with E-state index in [1.165, 1.54) is 0 Å². The van der Waals surface area contributed by atoms with E-state index in [1.807, 2.05) is 53.5 Å². The molecule has 3 N–H and O–H groups in total. The summed E-state index contributed by atoms with van der Waals surface area (Å²) in [5.41, 5.74) is -0.519. The monoisotopic (exact) mass is 541 g/mol. The van der Waals surface area contributed by atoms with Crippen molar-refractivity contribution in [3.8, 4) is 0 Å². The maximum Gasteiger partial charge on any atom is 0.407 e. The van der Waals surface area contributed by atoms with E-state index in [1.54, 1.807) is 0 Å². The molecule has 30 heavy (non-hydrogen) atoms. The summed E-state index contributed by atoms with van der Waals surface area (Å²) in [5.74, 6) is 1.03. The van der Waals surface area contributed by atoms with Crippen molar-refractivity contribution in [1.29, 1.82) is 0 Å². The van der Waals surface area contributed by atoms with Crippen molar-refractivity contribution in [2.24, 2.45) is 10.9 Å². The van der Waals surface area contributed by atoms with E-state index in [2.05, 4.69) is 34.8 Å². The molecule has 0 aliphatic heterocycles. The number of aliphatic imine (C=N–C) groups is 1. The highest BCUT2D eigenvalue weighted by Crippen LogP contribution is 2.11. The minimum Gasteiger partial charge on any atom is -0.444 e. The molecule has 0 radical (unpaired) electrons. The molecule has 0 spiro atoms. The molecular weight excluding hydrogens is 497 g/mol. The fourth-order valence-corrected chi connectivity index (χ4v) is 2.60. The first-order chi connectivity index (χ1) is 13.4. The Balaban J connectivity index is 0. The zero-order valence-electron chi connectivity index (χ0n) is 20.3. The lowest BCUT2D eigenvalue weighted by Gasteiger charge is -2.28. The van der Waals surface area contributed by atoms with E-state index < -0.39 is 11.7 Å². The average Bonchev–Trinajstić information content (AvgIpc) is 2.54. The van der Waals surface area contributed by atoms with Gasteiger partial charge in [-0.2, -0.15) is 0 Å². The molecule has 2 amide bonds. The molecule has 0 aliphatic rings. The van der Waals surface area contributed by atoms with Crippen LogP contribution in [0.2, 0.25) is 0 Å². The van der Waals surface area contributed by atoms with E-state index in [4.69, 9.17) is 4.74 Å². The van der Waals surface area contributed by atoms with Gasteiger partial charge < -0.3 is 25.6 Å². The maximum absolute atomic E-state index is 12.1. The van der Waals surface area contributed by atoms with Crippen molar-refractivity contribution in [2.45, 2.75) is 85.9 Å². The Morgan fingerprint density at radius 3 is 2.17 bits per heavy atom. The van der Waals surface area contributed by atoms with Crippen LogP contribution in [-0.2, 0) is 9.53 Å². The van der Waals surface area contributed by atoms with Crippen LogP contribution < -0.4 is 16.0 Å². The lowest BCUT2D eigenvalue weighted by molar-refractivity contribution is -0.121. The Kier molecular flexibility index (Phi) is 16.0.